The zero-order valence-corrected chi connectivity index (χ0v) is 10.3. The first-order valence-corrected chi connectivity index (χ1v) is 6.32. The predicted molar refractivity (Wildman–Crippen MR) is 67.3 cm³/mol. The van der Waals surface area contributed by atoms with Gasteiger partial charge in [0.25, 0.3) is 0 Å². The van der Waals surface area contributed by atoms with Gasteiger partial charge in [-0.15, -0.1) is 0 Å². The zero-order chi connectivity index (χ0) is 12.0. The number of rotatable bonds is 6. The molecule has 1 unspecified atom stereocenters. The van der Waals surface area contributed by atoms with Gasteiger partial charge in [0, 0.05) is 18.0 Å². The third-order valence-electron chi connectivity index (χ3n) is 1.97. The Labute approximate surface area is 99.5 Å². The maximum Gasteiger partial charge on any atom is 0.335 e. The summed E-state index contributed by atoms with van der Waals surface area (Å²) in [4.78, 5) is 14.8. The lowest BCUT2D eigenvalue weighted by molar-refractivity contribution is 0.0697. The summed E-state index contributed by atoms with van der Waals surface area (Å²) in [5, 5.41) is 12.0. The molecule has 0 saturated carbocycles. The van der Waals surface area contributed by atoms with Crippen molar-refractivity contribution in [1.82, 2.24) is 4.98 Å². The molecule has 1 atom stereocenters. The number of pyridine rings is 1. The minimum Gasteiger partial charge on any atom is -0.478 e. The summed E-state index contributed by atoms with van der Waals surface area (Å²) in [6.07, 6.45) is 1.51. The number of carboxylic acid groups (broad SMARTS) is 1. The fourth-order valence-corrected chi connectivity index (χ4v) is 1.90. The fourth-order valence-electron chi connectivity index (χ4n) is 1.23. The lowest BCUT2D eigenvalue weighted by atomic mass is 10.2. The number of nitrogens with zero attached hydrogens (tertiary/aromatic N) is 1. The number of carboxylic acids is 1. The van der Waals surface area contributed by atoms with Gasteiger partial charge >= 0.3 is 5.97 Å². The summed E-state index contributed by atoms with van der Waals surface area (Å²) in [7, 11) is 0. The molecule has 0 saturated heterocycles. The second-order valence-corrected chi connectivity index (χ2v) is 4.76. The number of carbonyl (C=O) groups is 1. The molecule has 0 amide bonds. The topological polar surface area (TPSA) is 62.2 Å². The predicted octanol–water partition coefficient (Wildman–Crippen LogP) is 2.33. The molecule has 0 fully saturated rings. The quantitative estimate of drug-likeness (QED) is 0.799. The van der Waals surface area contributed by atoms with Crippen molar-refractivity contribution in [3.8, 4) is 0 Å². The van der Waals surface area contributed by atoms with Crippen molar-refractivity contribution >= 4 is 23.5 Å². The third kappa shape index (κ3) is 4.10. The molecule has 88 valence electrons. The van der Waals surface area contributed by atoms with Crippen LogP contribution < -0.4 is 5.32 Å². The van der Waals surface area contributed by atoms with E-state index in [4.69, 9.17) is 5.11 Å². The minimum absolute atomic E-state index is 0.257. The van der Waals surface area contributed by atoms with Gasteiger partial charge in [-0.2, -0.15) is 11.8 Å². The second kappa shape index (κ2) is 6.37. The molecule has 2 N–H and O–H groups in total. The molecule has 5 heteroatoms. The first kappa shape index (κ1) is 12.8. The van der Waals surface area contributed by atoms with Crippen molar-refractivity contribution in [2.24, 2.45) is 0 Å². The Morgan fingerprint density at radius 3 is 3.06 bits per heavy atom. The molecule has 0 aliphatic carbocycles. The Bertz CT molecular complexity index is 358. The van der Waals surface area contributed by atoms with Gasteiger partial charge in [-0.25, -0.2) is 9.78 Å². The molecule has 1 aromatic rings. The van der Waals surface area contributed by atoms with Crippen molar-refractivity contribution in [2.45, 2.75) is 19.9 Å². The summed E-state index contributed by atoms with van der Waals surface area (Å²) in [5.74, 6) is 1.74. The summed E-state index contributed by atoms with van der Waals surface area (Å²) in [5.41, 5.74) is 0.257. The minimum atomic E-state index is -0.930. The van der Waals surface area contributed by atoms with Crippen LogP contribution in [0.25, 0.3) is 0 Å². The normalized spacial score (nSPS) is 12.1. The van der Waals surface area contributed by atoms with Crippen LogP contribution >= 0.6 is 11.8 Å². The lowest BCUT2D eigenvalue weighted by Crippen LogP contribution is -2.19. The maximum atomic E-state index is 10.8. The highest BCUT2D eigenvalue weighted by Gasteiger charge is 2.06. The van der Waals surface area contributed by atoms with Gasteiger partial charge in [0.1, 0.15) is 5.82 Å². The Morgan fingerprint density at radius 2 is 2.44 bits per heavy atom. The molecule has 1 heterocycles. The molecule has 4 nitrogen and oxygen atoms in total. The highest BCUT2D eigenvalue weighted by molar-refractivity contribution is 7.99. The number of aromatic carboxylic acids is 1. The van der Waals surface area contributed by atoms with Crippen LogP contribution in [0.2, 0.25) is 0 Å². The van der Waals surface area contributed by atoms with Gasteiger partial charge in [-0.3, -0.25) is 0 Å². The average Bonchev–Trinajstić information content (AvgIpc) is 2.26. The Balaban J connectivity index is 2.59. The van der Waals surface area contributed by atoms with E-state index >= 15 is 0 Å². The van der Waals surface area contributed by atoms with E-state index in [0.717, 1.165) is 11.5 Å². The zero-order valence-electron chi connectivity index (χ0n) is 9.43. The van der Waals surface area contributed by atoms with Crippen LogP contribution in [-0.2, 0) is 0 Å². The van der Waals surface area contributed by atoms with Gasteiger partial charge in [0.15, 0.2) is 0 Å². The van der Waals surface area contributed by atoms with Crippen molar-refractivity contribution < 1.29 is 9.90 Å². The first-order chi connectivity index (χ1) is 7.63. The van der Waals surface area contributed by atoms with Gasteiger partial charge in [-0.05, 0) is 24.8 Å². The second-order valence-electron chi connectivity index (χ2n) is 3.44. The summed E-state index contributed by atoms with van der Waals surface area (Å²) in [6, 6.07) is 3.32. The van der Waals surface area contributed by atoms with E-state index in [1.54, 1.807) is 6.07 Å². The van der Waals surface area contributed by atoms with E-state index < -0.39 is 5.97 Å². The molecule has 0 aromatic carbocycles. The number of hydrogen-bond acceptors (Lipinski definition) is 4. The van der Waals surface area contributed by atoms with Crippen molar-refractivity contribution in [1.29, 1.82) is 0 Å². The average molecular weight is 240 g/mol. The van der Waals surface area contributed by atoms with Crippen LogP contribution in [0.1, 0.15) is 24.2 Å². The van der Waals surface area contributed by atoms with E-state index in [0.29, 0.717) is 5.82 Å². The van der Waals surface area contributed by atoms with Crippen LogP contribution in [0, 0.1) is 0 Å². The van der Waals surface area contributed by atoms with Gasteiger partial charge in [0.05, 0.1) is 5.56 Å². The molecule has 1 aromatic heterocycles. The summed E-state index contributed by atoms with van der Waals surface area (Å²) < 4.78 is 0. The molecule has 0 spiro atoms. The number of thioether (sulfide) groups is 1. The van der Waals surface area contributed by atoms with E-state index in [2.05, 4.69) is 24.1 Å². The third-order valence-corrected chi connectivity index (χ3v) is 3.12. The van der Waals surface area contributed by atoms with E-state index in [1.807, 2.05) is 11.8 Å². The largest absolute Gasteiger partial charge is 0.478 e. The summed E-state index contributed by atoms with van der Waals surface area (Å²) in [6.45, 7) is 4.17. The number of hydrogen-bond donors (Lipinski definition) is 2. The maximum absolute atomic E-state index is 10.8. The molecule has 0 bridgehead atoms. The van der Waals surface area contributed by atoms with E-state index in [9.17, 15) is 4.79 Å². The summed E-state index contributed by atoms with van der Waals surface area (Å²) >= 11 is 1.84. The van der Waals surface area contributed by atoms with Crippen LogP contribution in [0.3, 0.4) is 0 Å². The Kier molecular flexibility index (Phi) is 5.11. The van der Waals surface area contributed by atoms with Gasteiger partial charge in [-0.1, -0.05) is 6.92 Å². The molecule has 16 heavy (non-hydrogen) atoms. The molecule has 0 aliphatic heterocycles. The van der Waals surface area contributed by atoms with Crippen molar-refractivity contribution in [3.05, 3.63) is 23.9 Å². The van der Waals surface area contributed by atoms with Gasteiger partial charge in [0.2, 0.25) is 0 Å². The van der Waals surface area contributed by atoms with Gasteiger partial charge < -0.3 is 10.4 Å². The van der Waals surface area contributed by atoms with E-state index in [1.165, 1.54) is 12.3 Å². The molecule has 0 radical (unpaired) electrons. The molecular formula is C11H16N2O2S. The lowest BCUT2D eigenvalue weighted by Gasteiger charge is -2.13. The SMILES string of the molecule is CCSCC(C)Nc1cc(C(=O)O)ccn1. The Morgan fingerprint density at radius 1 is 1.69 bits per heavy atom. The van der Waals surface area contributed by atoms with Crippen LogP contribution in [0.5, 0.6) is 0 Å². The van der Waals surface area contributed by atoms with Crippen molar-refractivity contribution in [3.63, 3.8) is 0 Å². The van der Waals surface area contributed by atoms with Crippen LogP contribution in [-0.4, -0.2) is 33.6 Å². The Hall–Kier alpha value is -1.23. The monoisotopic (exact) mass is 240 g/mol. The molecule has 1 rings (SSSR count). The van der Waals surface area contributed by atoms with Crippen molar-refractivity contribution in [2.75, 3.05) is 16.8 Å². The highest BCUT2D eigenvalue weighted by atomic mass is 32.2. The van der Waals surface area contributed by atoms with Crippen LogP contribution in [0.15, 0.2) is 18.3 Å². The van der Waals surface area contributed by atoms with Crippen LogP contribution in [0.4, 0.5) is 5.82 Å². The fraction of sp³-hybridized carbons (Fsp3) is 0.455. The molecule has 0 aliphatic rings. The smallest absolute Gasteiger partial charge is 0.335 e. The molecular weight excluding hydrogens is 224 g/mol. The van der Waals surface area contributed by atoms with E-state index in [-0.39, 0.29) is 11.6 Å². The standard InChI is InChI=1S/C11H16N2O2S/c1-3-16-7-8(2)13-10-6-9(11(14)15)4-5-12-10/h4-6,8H,3,7H2,1-2H3,(H,12,13)(H,14,15). The number of nitrogens with one attached hydrogen (secondary N) is 1. The highest BCUT2D eigenvalue weighted by Crippen LogP contribution is 2.10. The first-order valence-electron chi connectivity index (χ1n) is 5.17. The number of aromatic nitrogens is 1. The number of anilines is 1.